The summed E-state index contributed by atoms with van der Waals surface area (Å²) in [7, 11) is 1.64. The maximum atomic E-state index is 12.7. The summed E-state index contributed by atoms with van der Waals surface area (Å²) in [6.07, 6.45) is 6.04. The zero-order valence-corrected chi connectivity index (χ0v) is 14.5. The Hall–Kier alpha value is -3.06. The first-order valence-corrected chi connectivity index (χ1v) is 8.21. The highest BCUT2D eigenvalue weighted by molar-refractivity contribution is 5.95. The van der Waals surface area contributed by atoms with Crippen molar-refractivity contribution in [2.45, 2.75) is 19.3 Å². The van der Waals surface area contributed by atoms with E-state index >= 15 is 0 Å². The number of nitrogens with one attached hydrogen (secondary N) is 1. The van der Waals surface area contributed by atoms with Gasteiger partial charge in [-0.1, -0.05) is 49.2 Å². The minimum Gasteiger partial charge on any atom is -0.336 e. The number of carbonyl (C=O) groups excluding carboxylic acids is 2. The SMILES string of the molecule is C#Cc1cccc(NC(=O)CN(C)C(=O)[C@H](CC)c2ccccc2)c1. The Morgan fingerprint density at radius 2 is 1.88 bits per heavy atom. The van der Waals surface area contributed by atoms with Crippen molar-refractivity contribution < 1.29 is 9.59 Å². The van der Waals surface area contributed by atoms with E-state index in [0.717, 1.165) is 5.56 Å². The number of carbonyl (C=O) groups is 2. The molecule has 0 aliphatic carbocycles. The molecule has 0 radical (unpaired) electrons. The zero-order valence-electron chi connectivity index (χ0n) is 14.5. The summed E-state index contributed by atoms with van der Waals surface area (Å²) in [6.45, 7) is 1.96. The lowest BCUT2D eigenvalue weighted by Gasteiger charge is -2.23. The molecule has 0 saturated carbocycles. The Balaban J connectivity index is 2.00. The van der Waals surface area contributed by atoms with Crippen LogP contribution in [0.15, 0.2) is 54.6 Å². The minimum absolute atomic E-state index is 0.0115. The van der Waals surface area contributed by atoms with Crippen molar-refractivity contribution in [3.63, 3.8) is 0 Å². The topological polar surface area (TPSA) is 49.4 Å². The van der Waals surface area contributed by atoms with Crippen LogP contribution in [0.3, 0.4) is 0 Å². The highest BCUT2D eigenvalue weighted by Gasteiger charge is 2.23. The van der Waals surface area contributed by atoms with Crippen molar-refractivity contribution in [1.82, 2.24) is 4.90 Å². The number of benzene rings is 2. The Bertz CT molecular complexity index is 778. The summed E-state index contributed by atoms with van der Waals surface area (Å²) in [5.41, 5.74) is 2.28. The van der Waals surface area contributed by atoms with Crippen molar-refractivity contribution >= 4 is 17.5 Å². The molecule has 1 N–H and O–H groups in total. The Morgan fingerprint density at radius 3 is 2.52 bits per heavy atom. The minimum atomic E-state index is -0.257. The number of amides is 2. The van der Waals surface area contributed by atoms with Crippen LogP contribution in [-0.2, 0) is 9.59 Å². The van der Waals surface area contributed by atoms with Crippen molar-refractivity contribution in [1.29, 1.82) is 0 Å². The predicted octanol–water partition coefficient (Wildman–Crippen LogP) is 3.26. The van der Waals surface area contributed by atoms with Crippen LogP contribution in [0.25, 0.3) is 0 Å². The predicted molar refractivity (Wildman–Crippen MR) is 100 cm³/mol. The van der Waals surface area contributed by atoms with Gasteiger partial charge in [-0.05, 0) is 30.2 Å². The van der Waals surface area contributed by atoms with Gasteiger partial charge in [-0.25, -0.2) is 0 Å². The smallest absolute Gasteiger partial charge is 0.243 e. The van der Waals surface area contributed by atoms with E-state index in [9.17, 15) is 9.59 Å². The molecule has 2 amide bonds. The lowest BCUT2D eigenvalue weighted by Crippen LogP contribution is -2.37. The Morgan fingerprint density at radius 1 is 1.16 bits per heavy atom. The van der Waals surface area contributed by atoms with Gasteiger partial charge in [-0.2, -0.15) is 0 Å². The molecule has 0 aliphatic rings. The number of hydrogen-bond donors (Lipinski definition) is 1. The average Bonchev–Trinajstić information content (AvgIpc) is 2.63. The van der Waals surface area contributed by atoms with Crippen molar-refractivity contribution in [2.75, 3.05) is 18.9 Å². The first-order chi connectivity index (χ1) is 12.0. The van der Waals surface area contributed by atoms with Gasteiger partial charge >= 0.3 is 0 Å². The molecule has 0 aromatic heterocycles. The van der Waals surface area contributed by atoms with Crippen LogP contribution in [0.4, 0.5) is 5.69 Å². The molecule has 0 aliphatic heterocycles. The molecule has 0 heterocycles. The molecule has 4 heteroatoms. The fraction of sp³-hybridized carbons (Fsp3) is 0.238. The Labute approximate surface area is 148 Å². The van der Waals surface area contributed by atoms with Gasteiger partial charge in [0.25, 0.3) is 0 Å². The summed E-state index contributed by atoms with van der Waals surface area (Å²) in [6, 6.07) is 16.7. The van der Waals surface area contributed by atoms with Crippen molar-refractivity contribution in [3.8, 4) is 12.3 Å². The van der Waals surface area contributed by atoms with E-state index in [-0.39, 0.29) is 24.3 Å². The zero-order chi connectivity index (χ0) is 18.2. The molecule has 128 valence electrons. The summed E-state index contributed by atoms with van der Waals surface area (Å²) in [5, 5.41) is 2.77. The van der Waals surface area contributed by atoms with Gasteiger partial charge < -0.3 is 10.2 Å². The number of terminal acetylenes is 1. The van der Waals surface area contributed by atoms with Gasteiger partial charge in [-0.15, -0.1) is 6.42 Å². The van der Waals surface area contributed by atoms with Gasteiger partial charge in [0.05, 0.1) is 12.5 Å². The third-order valence-electron chi connectivity index (χ3n) is 3.98. The van der Waals surface area contributed by atoms with E-state index in [1.165, 1.54) is 4.90 Å². The molecule has 2 aromatic carbocycles. The van der Waals surface area contributed by atoms with E-state index in [1.54, 1.807) is 31.3 Å². The number of nitrogens with zero attached hydrogens (tertiary/aromatic N) is 1. The van der Waals surface area contributed by atoms with Crippen LogP contribution >= 0.6 is 0 Å². The van der Waals surface area contributed by atoms with Gasteiger partial charge in [-0.3, -0.25) is 9.59 Å². The van der Waals surface area contributed by atoms with Gasteiger partial charge in [0.1, 0.15) is 0 Å². The maximum absolute atomic E-state index is 12.7. The standard InChI is InChI=1S/C21H22N2O2/c1-4-16-10-9-13-18(14-16)22-20(24)15-23(3)21(25)19(5-2)17-11-7-6-8-12-17/h1,6-14,19H,5,15H2,2-3H3,(H,22,24)/t19-/m1/s1. The molecule has 0 saturated heterocycles. The first kappa shape index (κ1) is 18.3. The van der Waals surface area contributed by atoms with Crippen LogP contribution in [-0.4, -0.2) is 30.3 Å². The molecule has 0 spiro atoms. The number of likely N-dealkylation sites (N-methyl/N-ethyl adjacent to an activating group) is 1. The highest BCUT2D eigenvalue weighted by Crippen LogP contribution is 2.21. The fourth-order valence-electron chi connectivity index (χ4n) is 2.68. The van der Waals surface area contributed by atoms with Gasteiger partial charge in [0, 0.05) is 18.3 Å². The molecule has 0 unspecified atom stereocenters. The third kappa shape index (κ3) is 4.95. The summed E-state index contributed by atoms with van der Waals surface area (Å²) in [5.74, 6) is 1.95. The van der Waals surface area contributed by atoms with Crippen LogP contribution in [0.5, 0.6) is 0 Å². The van der Waals surface area contributed by atoms with Crippen LogP contribution in [0.2, 0.25) is 0 Å². The fourth-order valence-corrected chi connectivity index (χ4v) is 2.68. The monoisotopic (exact) mass is 334 g/mol. The largest absolute Gasteiger partial charge is 0.336 e. The molecular weight excluding hydrogens is 312 g/mol. The molecule has 2 rings (SSSR count). The number of anilines is 1. The van der Waals surface area contributed by atoms with Crippen LogP contribution in [0.1, 0.15) is 30.4 Å². The highest BCUT2D eigenvalue weighted by atomic mass is 16.2. The third-order valence-corrected chi connectivity index (χ3v) is 3.98. The van der Waals surface area contributed by atoms with E-state index < -0.39 is 0 Å². The van der Waals surface area contributed by atoms with E-state index in [1.807, 2.05) is 37.3 Å². The maximum Gasteiger partial charge on any atom is 0.243 e. The van der Waals surface area contributed by atoms with E-state index in [4.69, 9.17) is 6.42 Å². The molecule has 0 bridgehead atoms. The molecule has 1 atom stereocenters. The normalized spacial score (nSPS) is 11.2. The molecule has 0 fully saturated rings. The molecule has 4 nitrogen and oxygen atoms in total. The van der Waals surface area contributed by atoms with Crippen molar-refractivity contribution in [3.05, 3.63) is 65.7 Å². The first-order valence-electron chi connectivity index (χ1n) is 8.21. The van der Waals surface area contributed by atoms with Crippen LogP contribution in [0, 0.1) is 12.3 Å². The summed E-state index contributed by atoms with van der Waals surface area (Å²) in [4.78, 5) is 26.4. The van der Waals surface area contributed by atoms with Crippen molar-refractivity contribution in [2.24, 2.45) is 0 Å². The lowest BCUT2D eigenvalue weighted by atomic mass is 9.95. The number of hydrogen-bond acceptors (Lipinski definition) is 2. The second kappa shape index (κ2) is 8.70. The molecule has 2 aromatic rings. The quantitative estimate of drug-likeness (QED) is 0.825. The average molecular weight is 334 g/mol. The second-order valence-corrected chi connectivity index (χ2v) is 5.84. The van der Waals surface area contributed by atoms with E-state index in [2.05, 4.69) is 11.2 Å². The lowest BCUT2D eigenvalue weighted by molar-refractivity contribution is -0.134. The Kier molecular flexibility index (Phi) is 6.36. The van der Waals surface area contributed by atoms with E-state index in [0.29, 0.717) is 17.7 Å². The van der Waals surface area contributed by atoms with Gasteiger partial charge in [0.2, 0.25) is 11.8 Å². The molecule has 25 heavy (non-hydrogen) atoms. The van der Waals surface area contributed by atoms with Gasteiger partial charge in [0.15, 0.2) is 0 Å². The molecular formula is C21H22N2O2. The second-order valence-electron chi connectivity index (χ2n) is 5.84. The summed E-state index contributed by atoms with van der Waals surface area (Å²) >= 11 is 0. The summed E-state index contributed by atoms with van der Waals surface area (Å²) < 4.78 is 0. The number of rotatable bonds is 6. The van der Waals surface area contributed by atoms with Crippen LogP contribution < -0.4 is 5.32 Å².